The molecule has 50 heavy (non-hydrogen) atoms. The number of carbonyl (C=O) groups excluding carboxylic acids is 4. The maximum atomic E-state index is 14.2. The van der Waals surface area contributed by atoms with E-state index in [0.717, 1.165) is 32.1 Å². The van der Waals surface area contributed by atoms with Gasteiger partial charge in [-0.15, -0.1) is 0 Å². The Labute approximate surface area is 299 Å². The minimum absolute atomic E-state index is 0.0532. The van der Waals surface area contributed by atoms with E-state index in [9.17, 15) is 24.3 Å². The first-order chi connectivity index (χ1) is 23.5. The molecule has 1 heterocycles. The van der Waals surface area contributed by atoms with E-state index >= 15 is 0 Å². The van der Waals surface area contributed by atoms with Crippen LogP contribution in [-0.4, -0.2) is 108 Å². The minimum atomic E-state index is -1.15. The Balaban J connectivity index is 1.77. The number of amides is 4. The maximum Gasteiger partial charge on any atom is 0.245 e. The van der Waals surface area contributed by atoms with Gasteiger partial charge in [-0.2, -0.15) is 0 Å². The number of hydrogen-bond donors (Lipinski definition) is 4. The molecule has 1 aliphatic carbocycles. The van der Waals surface area contributed by atoms with Gasteiger partial charge in [-0.1, -0.05) is 63.9 Å². The number of hydrogen-bond acceptors (Lipinski definition) is 8. The molecule has 3 rings (SSSR count). The number of methoxy groups -OCH3 is 2. The lowest BCUT2D eigenvalue weighted by atomic mass is 9.88. The van der Waals surface area contributed by atoms with Gasteiger partial charge < -0.3 is 40.7 Å². The van der Waals surface area contributed by atoms with E-state index in [1.54, 1.807) is 58.8 Å². The van der Waals surface area contributed by atoms with Gasteiger partial charge >= 0.3 is 0 Å². The molecule has 1 saturated carbocycles. The average molecular weight is 702 g/mol. The summed E-state index contributed by atoms with van der Waals surface area (Å²) in [7, 11) is 4.88. The molecule has 0 unspecified atom stereocenters. The number of likely N-dealkylation sites (N-methyl/N-ethyl adjacent to an activating group) is 1. The van der Waals surface area contributed by atoms with E-state index in [1.165, 1.54) is 0 Å². The van der Waals surface area contributed by atoms with Gasteiger partial charge in [0.15, 0.2) is 0 Å². The Bertz CT molecular complexity index is 1270. The molecule has 1 aromatic rings. The highest BCUT2D eigenvalue weighted by molar-refractivity contribution is 5.91. The van der Waals surface area contributed by atoms with Gasteiger partial charge in [-0.05, 0) is 63.9 Å². The molecule has 5 N–H and O–H groups in total. The van der Waals surface area contributed by atoms with Gasteiger partial charge in [0.1, 0.15) is 6.04 Å². The van der Waals surface area contributed by atoms with Gasteiger partial charge in [0.25, 0.3) is 0 Å². The summed E-state index contributed by atoms with van der Waals surface area (Å²) in [5.41, 5.74) is 5.60. The Morgan fingerprint density at radius 3 is 2.14 bits per heavy atom. The molecular weight excluding hydrogens is 638 g/mol. The van der Waals surface area contributed by atoms with Crippen molar-refractivity contribution < 1.29 is 33.8 Å². The monoisotopic (exact) mass is 701 g/mol. The second kappa shape index (κ2) is 18.4. The highest BCUT2D eigenvalue weighted by Crippen LogP contribution is 2.35. The van der Waals surface area contributed by atoms with Crippen molar-refractivity contribution in [2.45, 2.75) is 135 Å². The van der Waals surface area contributed by atoms with Crippen molar-refractivity contribution in [3.63, 3.8) is 0 Å². The summed E-state index contributed by atoms with van der Waals surface area (Å²) in [5.74, 6) is -1.69. The zero-order valence-electron chi connectivity index (χ0n) is 31.7. The minimum Gasteiger partial charge on any atom is -0.386 e. The maximum absolute atomic E-state index is 14.2. The number of aliphatic hydroxyl groups excluding tert-OH is 1. The predicted octanol–water partition coefficient (Wildman–Crippen LogP) is 3.17. The second-order valence-corrected chi connectivity index (χ2v) is 15.3. The molecule has 0 spiro atoms. The van der Waals surface area contributed by atoms with Crippen molar-refractivity contribution in [3.8, 4) is 0 Å². The van der Waals surface area contributed by atoms with Crippen LogP contribution in [0.3, 0.4) is 0 Å². The molecule has 1 aromatic carbocycles. The van der Waals surface area contributed by atoms with Crippen molar-refractivity contribution in [1.29, 1.82) is 0 Å². The zero-order chi connectivity index (χ0) is 37.3. The summed E-state index contributed by atoms with van der Waals surface area (Å²) >= 11 is 0. The lowest BCUT2D eigenvalue weighted by Crippen LogP contribution is -2.60. The average Bonchev–Trinajstić information content (AvgIpc) is 3.79. The fourth-order valence-corrected chi connectivity index (χ4v) is 7.67. The van der Waals surface area contributed by atoms with Crippen molar-refractivity contribution in [2.75, 3.05) is 27.8 Å². The smallest absolute Gasteiger partial charge is 0.245 e. The summed E-state index contributed by atoms with van der Waals surface area (Å²) in [4.78, 5) is 58.0. The Kier molecular flexibility index (Phi) is 15.3. The van der Waals surface area contributed by atoms with Gasteiger partial charge in [-0.3, -0.25) is 19.2 Å². The van der Waals surface area contributed by atoms with E-state index in [1.807, 2.05) is 44.2 Å². The number of carbonyl (C=O) groups is 4. The predicted molar refractivity (Wildman–Crippen MR) is 193 cm³/mol. The number of ether oxygens (including phenoxy) is 2. The molecule has 8 atom stereocenters. The van der Waals surface area contributed by atoms with Crippen LogP contribution < -0.4 is 16.4 Å². The van der Waals surface area contributed by atoms with Crippen LogP contribution in [0.25, 0.3) is 0 Å². The number of benzene rings is 1. The summed E-state index contributed by atoms with van der Waals surface area (Å²) in [6, 6.07) is 7.15. The van der Waals surface area contributed by atoms with E-state index in [4.69, 9.17) is 15.2 Å². The molecule has 2 fully saturated rings. The molecule has 0 aromatic heterocycles. The molecular formula is C38H63N5O7. The number of nitrogens with one attached hydrogen (secondary N) is 2. The van der Waals surface area contributed by atoms with Crippen LogP contribution in [0.15, 0.2) is 30.3 Å². The van der Waals surface area contributed by atoms with E-state index in [2.05, 4.69) is 10.6 Å². The standard InChI is InChI=1S/C38H63N5O7/c1-23(2)31(41-37(48)38(5,6)39)36(47)42(7)32(26-16-13-14-17-26)29(49-8)22-30(44)43-21-15-20-28(43)34(50-9)24(3)35(46)40-25(4)33(45)27-18-11-10-12-19-27/h10-12,18-19,23-26,28-29,31-34,45H,13-17,20-22,39H2,1-9H3,(H,40,46)(H,41,48)/t24-,25-,28+,29-,31+,32+,33-,34-/m1/s1. The van der Waals surface area contributed by atoms with Gasteiger partial charge in [0.05, 0.1) is 54.3 Å². The molecule has 1 saturated heterocycles. The lowest BCUT2D eigenvalue weighted by Gasteiger charge is -2.41. The second-order valence-electron chi connectivity index (χ2n) is 15.3. The van der Waals surface area contributed by atoms with Crippen LogP contribution in [-0.2, 0) is 28.7 Å². The van der Waals surface area contributed by atoms with E-state index in [-0.39, 0.29) is 48.1 Å². The SMILES string of the molecule is CO[C@H]([C@@H](C)C(=O)N[C@H](C)[C@@H](O)c1ccccc1)[C@@H]1CCCN1C(=O)C[C@@H](OC)[C@H](C1CCCC1)N(C)C(=O)[C@@H](NC(=O)C(C)(C)N)C(C)C. The summed E-state index contributed by atoms with van der Waals surface area (Å²) in [5, 5.41) is 16.6. The third-order valence-corrected chi connectivity index (χ3v) is 10.7. The van der Waals surface area contributed by atoms with Crippen molar-refractivity contribution in [1.82, 2.24) is 20.4 Å². The summed E-state index contributed by atoms with van der Waals surface area (Å²) in [6.45, 7) is 11.0. The normalized spacial score (nSPS) is 21.2. The number of nitrogens with zero attached hydrogens (tertiary/aromatic N) is 2. The fraction of sp³-hybridized carbons (Fsp3) is 0.737. The quantitative estimate of drug-likeness (QED) is 0.193. The number of likely N-dealkylation sites (tertiary alicyclic amines) is 1. The molecule has 4 amide bonds. The molecule has 1 aliphatic heterocycles. The number of aliphatic hydroxyl groups is 1. The highest BCUT2D eigenvalue weighted by Gasteiger charge is 2.44. The molecule has 12 heteroatoms. The first-order valence-corrected chi connectivity index (χ1v) is 18.3. The topological polar surface area (TPSA) is 164 Å². The summed E-state index contributed by atoms with van der Waals surface area (Å²) in [6.07, 6.45) is 3.35. The molecule has 0 bridgehead atoms. The fourth-order valence-electron chi connectivity index (χ4n) is 7.67. The Hall–Kier alpha value is -3.06. The van der Waals surface area contributed by atoms with Gasteiger partial charge in [0, 0.05) is 27.8 Å². The third kappa shape index (κ3) is 10.3. The summed E-state index contributed by atoms with van der Waals surface area (Å²) < 4.78 is 12.0. The van der Waals surface area contributed by atoms with Gasteiger partial charge in [0.2, 0.25) is 23.6 Å². The van der Waals surface area contributed by atoms with Crippen LogP contribution in [0.4, 0.5) is 0 Å². The molecule has 282 valence electrons. The van der Waals surface area contributed by atoms with Crippen LogP contribution >= 0.6 is 0 Å². The Morgan fingerprint density at radius 2 is 1.60 bits per heavy atom. The molecule has 12 nitrogen and oxygen atoms in total. The first kappa shape index (κ1) is 41.4. The largest absolute Gasteiger partial charge is 0.386 e. The lowest BCUT2D eigenvalue weighted by molar-refractivity contribution is -0.148. The van der Waals surface area contributed by atoms with Crippen LogP contribution in [0.5, 0.6) is 0 Å². The third-order valence-electron chi connectivity index (χ3n) is 10.7. The van der Waals surface area contributed by atoms with Gasteiger partial charge in [-0.25, -0.2) is 0 Å². The van der Waals surface area contributed by atoms with E-state index < -0.39 is 47.8 Å². The zero-order valence-corrected chi connectivity index (χ0v) is 31.7. The van der Waals surface area contributed by atoms with Crippen LogP contribution in [0, 0.1) is 17.8 Å². The highest BCUT2D eigenvalue weighted by atomic mass is 16.5. The first-order valence-electron chi connectivity index (χ1n) is 18.3. The van der Waals surface area contributed by atoms with Crippen molar-refractivity contribution in [2.24, 2.45) is 23.5 Å². The van der Waals surface area contributed by atoms with Crippen LogP contribution in [0.1, 0.15) is 98.2 Å². The van der Waals surface area contributed by atoms with Crippen molar-refractivity contribution >= 4 is 23.6 Å². The molecule has 2 aliphatic rings. The number of nitrogens with two attached hydrogens (primary N) is 1. The number of rotatable bonds is 17. The molecule has 0 radical (unpaired) electrons. The Morgan fingerprint density at radius 1 is 0.980 bits per heavy atom. The van der Waals surface area contributed by atoms with E-state index in [0.29, 0.717) is 18.5 Å². The van der Waals surface area contributed by atoms with Crippen LogP contribution in [0.2, 0.25) is 0 Å². The van der Waals surface area contributed by atoms with Crippen molar-refractivity contribution in [3.05, 3.63) is 35.9 Å².